The molecule has 5 N–H and O–H groups in total. The number of morpholine rings is 1. The number of ether oxygens (including phenoxy) is 1. The minimum absolute atomic E-state index is 0.0506. The number of nitrogens with one attached hydrogen (secondary N) is 2. The highest BCUT2D eigenvalue weighted by molar-refractivity contribution is 8.00. The third-order valence-electron chi connectivity index (χ3n) is 8.82. The summed E-state index contributed by atoms with van der Waals surface area (Å²) in [6.07, 6.45) is 2.83. The molecule has 178 valence electrons. The van der Waals surface area contributed by atoms with E-state index in [1.54, 1.807) is 0 Å². The summed E-state index contributed by atoms with van der Waals surface area (Å²) in [5.41, 5.74) is 0.595. The minimum atomic E-state index is -0.401. The fraction of sp³-hybridized carbons (Fsp3) is 0.957. The zero-order valence-corrected chi connectivity index (χ0v) is 20.5. The molecule has 2 heterocycles. The number of aliphatic hydroxyl groups is 1. The Labute approximate surface area is 191 Å². The third kappa shape index (κ3) is 4.80. The van der Waals surface area contributed by atoms with Crippen molar-refractivity contribution < 1.29 is 20.0 Å². The van der Waals surface area contributed by atoms with Crippen LogP contribution in [0.25, 0.3) is 0 Å². The smallest absolute Gasteiger partial charge is 0.223 e. The molecule has 4 aliphatic rings. The van der Waals surface area contributed by atoms with Crippen LogP contribution in [0, 0.1) is 29.1 Å². The number of amides is 1. The molecular weight excluding hydrogens is 412 g/mol. The number of hydrogen-bond acceptors (Lipinski definition) is 6. The summed E-state index contributed by atoms with van der Waals surface area (Å²) in [5.74, 6) is 0.712. The number of fused-ring (bicyclic) bond motifs is 2. The number of carbonyl (C=O) groups is 1. The SMILES string of the molecule is CNC1[NH2+]C2C(CC3(C)CCC(C(C)C(=O)NCCN4CCOCC4)C(O)C3C2C)S1. The van der Waals surface area contributed by atoms with Crippen molar-refractivity contribution in [2.24, 2.45) is 29.1 Å². The molecule has 9 atom stereocenters. The first-order valence-electron chi connectivity index (χ1n) is 12.3. The van der Waals surface area contributed by atoms with E-state index < -0.39 is 6.10 Å². The van der Waals surface area contributed by atoms with Crippen molar-refractivity contribution in [1.29, 1.82) is 0 Å². The summed E-state index contributed by atoms with van der Waals surface area (Å²) in [6, 6.07) is 0.548. The highest BCUT2D eigenvalue weighted by Crippen LogP contribution is 2.57. The average Bonchev–Trinajstić information content (AvgIpc) is 3.17. The lowest BCUT2D eigenvalue weighted by Crippen LogP contribution is -2.96. The zero-order valence-electron chi connectivity index (χ0n) is 19.7. The Morgan fingerprint density at radius 3 is 2.84 bits per heavy atom. The molecule has 4 rings (SSSR count). The van der Waals surface area contributed by atoms with Crippen LogP contribution in [0.3, 0.4) is 0 Å². The Hall–Kier alpha value is -0.380. The summed E-state index contributed by atoms with van der Waals surface area (Å²) in [5, 5.41) is 21.2. The first-order valence-corrected chi connectivity index (χ1v) is 13.2. The van der Waals surface area contributed by atoms with Gasteiger partial charge < -0.3 is 20.5 Å². The molecule has 0 spiro atoms. The van der Waals surface area contributed by atoms with Crippen LogP contribution in [0.15, 0.2) is 0 Å². The molecule has 2 saturated heterocycles. The van der Waals surface area contributed by atoms with Gasteiger partial charge in [-0.15, -0.1) is 0 Å². The van der Waals surface area contributed by atoms with Crippen LogP contribution in [0.4, 0.5) is 0 Å². The molecule has 0 aromatic heterocycles. The summed E-state index contributed by atoms with van der Waals surface area (Å²) in [4.78, 5) is 15.3. The Kier molecular flexibility index (Phi) is 7.55. The molecule has 0 bridgehead atoms. The fourth-order valence-corrected chi connectivity index (χ4v) is 8.75. The van der Waals surface area contributed by atoms with E-state index in [4.69, 9.17) is 4.74 Å². The standard InChI is InChI=1S/C23H42N4O3S/c1-14(21(29)25-7-8-27-9-11-30-12-10-27)16-5-6-23(3)13-17-19(26-22(24-4)31-17)15(2)18(23)20(16)28/h14-20,22,24,26,28H,5-13H2,1-4H3,(H,25,29)/p+1. The number of aliphatic hydroxyl groups excluding tert-OH is 1. The first-order chi connectivity index (χ1) is 14.8. The van der Waals surface area contributed by atoms with Crippen LogP contribution in [-0.2, 0) is 9.53 Å². The molecular formula is C23H43N4O3S+. The van der Waals surface area contributed by atoms with Crippen molar-refractivity contribution in [2.45, 2.75) is 62.9 Å². The molecule has 2 aliphatic carbocycles. The monoisotopic (exact) mass is 455 g/mol. The van der Waals surface area contributed by atoms with Crippen LogP contribution in [0.1, 0.15) is 40.0 Å². The van der Waals surface area contributed by atoms with Gasteiger partial charge >= 0.3 is 0 Å². The lowest BCUT2D eigenvalue weighted by atomic mass is 9.51. The third-order valence-corrected chi connectivity index (χ3v) is 10.3. The molecule has 0 aromatic carbocycles. The normalized spacial score (nSPS) is 44.4. The molecule has 31 heavy (non-hydrogen) atoms. The van der Waals surface area contributed by atoms with Gasteiger partial charge in [0.1, 0.15) is 6.04 Å². The fourth-order valence-electron chi connectivity index (χ4n) is 6.97. The van der Waals surface area contributed by atoms with Crippen LogP contribution >= 0.6 is 11.8 Å². The van der Waals surface area contributed by atoms with Gasteiger partial charge in [0.25, 0.3) is 0 Å². The molecule has 8 heteroatoms. The predicted molar refractivity (Wildman–Crippen MR) is 123 cm³/mol. The number of nitrogens with two attached hydrogens (primary N) is 1. The van der Waals surface area contributed by atoms with Gasteiger partial charge in [-0.3, -0.25) is 15.0 Å². The van der Waals surface area contributed by atoms with Gasteiger partial charge in [-0.1, -0.05) is 32.5 Å². The van der Waals surface area contributed by atoms with E-state index in [2.05, 4.69) is 46.5 Å². The second kappa shape index (κ2) is 9.85. The van der Waals surface area contributed by atoms with E-state index >= 15 is 0 Å². The van der Waals surface area contributed by atoms with Gasteiger partial charge in [-0.05, 0) is 43.6 Å². The summed E-state index contributed by atoms with van der Waals surface area (Å²) in [6.45, 7) is 11.7. The summed E-state index contributed by atoms with van der Waals surface area (Å²) in [7, 11) is 2.04. The van der Waals surface area contributed by atoms with Crippen LogP contribution < -0.4 is 16.0 Å². The molecule has 9 unspecified atom stereocenters. The topological polar surface area (TPSA) is 90.4 Å². The molecule has 1 amide bonds. The quantitative estimate of drug-likeness (QED) is 0.453. The number of hydrogen-bond donors (Lipinski definition) is 4. The maximum Gasteiger partial charge on any atom is 0.223 e. The lowest BCUT2D eigenvalue weighted by Gasteiger charge is -2.55. The van der Waals surface area contributed by atoms with E-state index in [9.17, 15) is 9.90 Å². The Morgan fingerprint density at radius 2 is 2.13 bits per heavy atom. The molecule has 0 radical (unpaired) electrons. The molecule has 2 aliphatic heterocycles. The van der Waals surface area contributed by atoms with E-state index in [0.717, 1.165) is 45.7 Å². The van der Waals surface area contributed by atoms with E-state index in [0.29, 0.717) is 29.3 Å². The van der Waals surface area contributed by atoms with Gasteiger partial charge in [0.15, 0.2) is 5.50 Å². The van der Waals surface area contributed by atoms with Crippen LogP contribution in [0.5, 0.6) is 0 Å². The first kappa shape index (κ1) is 23.8. The van der Waals surface area contributed by atoms with Crippen molar-refractivity contribution in [3.63, 3.8) is 0 Å². The highest BCUT2D eigenvalue weighted by atomic mass is 32.2. The number of rotatable bonds is 6. The summed E-state index contributed by atoms with van der Waals surface area (Å²) < 4.78 is 5.39. The zero-order chi connectivity index (χ0) is 22.2. The second-order valence-electron chi connectivity index (χ2n) is 10.6. The van der Waals surface area contributed by atoms with Crippen molar-refractivity contribution >= 4 is 17.7 Å². The van der Waals surface area contributed by atoms with Gasteiger partial charge in [0.05, 0.1) is 24.6 Å². The van der Waals surface area contributed by atoms with Gasteiger partial charge in [0, 0.05) is 38.0 Å². The number of carbonyl (C=O) groups excluding carboxylic acids is 1. The summed E-state index contributed by atoms with van der Waals surface area (Å²) >= 11 is 2.06. The van der Waals surface area contributed by atoms with Crippen LogP contribution in [0.2, 0.25) is 0 Å². The Morgan fingerprint density at radius 1 is 1.39 bits per heavy atom. The number of thioether (sulfide) groups is 1. The Bertz CT molecular complexity index is 634. The van der Waals surface area contributed by atoms with E-state index in [-0.39, 0.29) is 29.1 Å². The van der Waals surface area contributed by atoms with Crippen molar-refractivity contribution in [3.8, 4) is 0 Å². The Balaban J connectivity index is 1.35. The lowest BCUT2D eigenvalue weighted by molar-refractivity contribution is -0.706. The molecule has 2 saturated carbocycles. The van der Waals surface area contributed by atoms with Crippen molar-refractivity contribution in [3.05, 3.63) is 0 Å². The maximum atomic E-state index is 12.9. The van der Waals surface area contributed by atoms with Crippen molar-refractivity contribution in [1.82, 2.24) is 15.5 Å². The minimum Gasteiger partial charge on any atom is -0.392 e. The largest absolute Gasteiger partial charge is 0.392 e. The highest BCUT2D eigenvalue weighted by Gasteiger charge is 2.60. The van der Waals surface area contributed by atoms with Gasteiger partial charge in [-0.25, -0.2) is 0 Å². The van der Waals surface area contributed by atoms with Crippen LogP contribution in [-0.4, -0.2) is 85.2 Å². The maximum absolute atomic E-state index is 12.9. The van der Waals surface area contributed by atoms with E-state index in [1.165, 1.54) is 6.42 Å². The molecule has 4 fully saturated rings. The van der Waals surface area contributed by atoms with E-state index in [1.807, 2.05) is 14.0 Å². The average molecular weight is 456 g/mol. The number of quaternary nitrogens is 1. The number of nitrogens with zero attached hydrogens (tertiary/aromatic N) is 1. The predicted octanol–water partition coefficient (Wildman–Crippen LogP) is 0.0545. The van der Waals surface area contributed by atoms with Gasteiger partial charge in [0.2, 0.25) is 5.91 Å². The molecule has 7 nitrogen and oxygen atoms in total. The second-order valence-corrected chi connectivity index (χ2v) is 12.0. The van der Waals surface area contributed by atoms with Gasteiger partial charge in [-0.2, -0.15) is 0 Å². The van der Waals surface area contributed by atoms with Crippen molar-refractivity contribution in [2.75, 3.05) is 46.4 Å². The molecule has 0 aromatic rings.